The van der Waals surface area contributed by atoms with Crippen LogP contribution in [0.1, 0.15) is 134 Å². The molecule has 0 unspecified atom stereocenters. The van der Waals surface area contributed by atoms with Crippen LogP contribution in [0.4, 0.5) is 0 Å². The lowest BCUT2D eigenvalue weighted by Gasteiger charge is -2.10. The third kappa shape index (κ3) is 28.1. The maximum Gasteiger partial charge on any atom is 0.341 e. The molecule has 0 aliphatic heterocycles. The summed E-state index contributed by atoms with van der Waals surface area (Å²) in [5.74, 6) is 22.1. The van der Waals surface area contributed by atoms with E-state index >= 15 is 0 Å². The number of aryl methyl sites for hydroxylation is 2. The number of aliphatic hydroxyl groups is 1. The van der Waals surface area contributed by atoms with Crippen LogP contribution in [0.15, 0.2) is 91.0 Å². The molecule has 0 aromatic heterocycles. The predicted molar refractivity (Wildman–Crippen MR) is 327 cm³/mol. The number of hydrogen-bond donors (Lipinski definition) is 7. The van der Waals surface area contributed by atoms with Crippen LogP contribution in [0.3, 0.4) is 0 Å². The summed E-state index contributed by atoms with van der Waals surface area (Å²) < 4.78 is 32.0. The molecule has 0 radical (unpaired) electrons. The quantitative estimate of drug-likeness (QED) is 0.00627. The van der Waals surface area contributed by atoms with Gasteiger partial charge in [0.2, 0.25) is 0 Å². The second kappa shape index (κ2) is 41.9. The molecule has 2 amide bonds. The molecule has 5 rings (SSSR count). The van der Waals surface area contributed by atoms with Crippen LogP contribution in [0, 0.1) is 64.1 Å². The Morgan fingerprint density at radius 3 is 1.17 bits per heavy atom. The van der Waals surface area contributed by atoms with E-state index in [1.807, 2.05) is 58.9 Å². The van der Waals surface area contributed by atoms with Crippen molar-refractivity contribution in [1.82, 2.24) is 10.9 Å². The molecule has 81 heavy (non-hydrogen) atoms. The summed E-state index contributed by atoms with van der Waals surface area (Å²) in [4.78, 5) is 58.4. The van der Waals surface area contributed by atoms with Gasteiger partial charge in [-0.25, -0.2) is 37.1 Å². The zero-order valence-corrected chi connectivity index (χ0v) is 51.3. The van der Waals surface area contributed by atoms with Crippen molar-refractivity contribution in [1.29, 1.82) is 11.1 Å². The summed E-state index contributed by atoms with van der Waals surface area (Å²) in [5.41, 5.74) is 23.7. The number of esters is 3. The SMILES string of the molecule is C#C[Si](C)(C)C.CCCOc1cc(C#Cc2ccc(C(=O)NN)c(C)c2)ccc1C(=O)NN.CCCOc1cc(C#Cc2ccc(C(=O)OC)c(C)c2)ccc1C(=O)OC.CCCOc1cc(I)ccc1C(=O)OC.CCO.N=N.O.[HH]. The van der Waals surface area contributed by atoms with Crippen molar-refractivity contribution in [3.05, 3.63) is 156 Å². The Labute approximate surface area is 492 Å². The molecule has 0 aliphatic carbocycles. The van der Waals surface area contributed by atoms with Gasteiger partial charge in [0, 0.05) is 39.4 Å². The minimum absolute atomic E-state index is 0. The number of rotatable bonds is 14. The number of methoxy groups -OCH3 is 3. The fourth-order valence-corrected chi connectivity index (χ4v) is 6.42. The van der Waals surface area contributed by atoms with Crippen molar-refractivity contribution in [2.24, 2.45) is 11.7 Å². The topological polar surface area (TPSA) is 316 Å². The third-order valence-corrected chi connectivity index (χ3v) is 11.4. The number of nitrogens with two attached hydrogens (primary N) is 2. The minimum Gasteiger partial charge on any atom is -0.493 e. The van der Waals surface area contributed by atoms with Gasteiger partial charge in [-0.15, -0.1) is 12.0 Å². The lowest BCUT2D eigenvalue weighted by molar-refractivity contribution is 0.0586. The molecule has 11 N–H and O–H groups in total. The third-order valence-electron chi connectivity index (χ3n) is 9.85. The first-order chi connectivity index (χ1) is 38.1. The van der Waals surface area contributed by atoms with Crippen molar-refractivity contribution < 1.29 is 64.4 Å². The van der Waals surface area contributed by atoms with E-state index in [-0.39, 0.29) is 31.4 Å². The van der Waals surface area contributed by atoms with E-state index in [9.17, 15) is 24.0 Å². The fraction of sp³-hybridized carbons (Fsp3) is 0.317. The molecule has 0 saturated carbocycles. The first-order valence-electron chi connectivity index (χ1n) is 25.0. The van der Waals surface area contributed by atoms with Crippen molar-refractivity contribution in [3.63, 3.8) is 0 Å². The van der Waals surface area contributed by atoms with Crippen molar-refractivity contribution >= 4 is 60.4 Å². The summed E-state index contributed by atoms with van der Waals surface area (Å²) in [6, 6.07) is 26.1. The number of amides is 2. The molecule has 0 heterocycles. The van der Waals surface area contributed by atoms with Gasteiger partial charge < -0.3 is 39.0 Å². The highest BCUT2D eigenvalue weighted by Gasteiger charge is 2.16. The van der Waals surface area contributed by atoms with Crippen molar-refractivity contribution in [2.45, 2.75) is 80.4 Å². The van der Waals surface area contributed by atoms with E-state index in [1.54, 1.807) is 73.7 Å². The maximum atomic E-state index is 11.9. The number of hydrazine groups is 2. The number of nitrogens with one attached hydrogen (secondary N) is 4. The largest absolute Gasteiger partial charge is 0.493 e. The fourth-order valence-electron chi connectivity index (χ4n) is 5.96. The van der Waals surface area contributed by atoms with E-state index < -0.39 is 20.0 Å². The predicted octanol–water partition coefficient (Wildman–Crippen LogP) is 9.53. The molecule has 0 bridgehead atoms. The summed E-state index contributed by atoms with van der Waals surface area (Å²) in [5, 5.41) is 7.57. The first kappa shape index (κ1) is 75.0. The molecule has 438 valence electrons. The van der Waals surface area contributed by atoms with Gasteiger partial charge in [-0.3, -0.25) is 20.4 Å². The van der Waals surface area contributed by atoms with E-state index in [2.05, 4.69) is 87.0 Å². The summed E-state index contributed by atoms with van der Waals surface area (Å²) in [6.45, 7) is 19.6. The molecule has 0 spiro atoms. The lowest BCUT2D eigenvalue weighted by atomic mass is 10.0. The second-order valence-electron chi connectivity index (χ2n) is 17.3. The number of hydrogen-bond acceptors (Lipinski definition) is 16. The molecular weight excluding hydrogens is 1170 g/mol. The van der Waals surface area contributed by atoms with Gasteiger partial charge in [0.25, 0.3) is 11.8 Å². The number of carbonyl (C=O) groups is 5. The number of terminal acetylenes is 1. The average Bonchev–Trinajstić information content (AvgIpc) is 3.46. The van der Waals surface area contributed by atoms with E-state index in [0.29, 0.717) is 76.0 Å². The van der Waals surface area contributed by atoms with Crippen molar-refractivity contribution in [2.75, 3.05) is 47.8 Å². The Morgan fingerprint density at radius 2 is 0.840 bits per heavy atom. The van der Waals surface area contributed by atoms with Crippen LogP contribution < -0.4 is 36.7 Å². The van der Waals surface area contributed by atoms with E-state index in [0.717, 1.165) is 45.1 Å². The van der Waals surface area contributed by atoms with Crippen LogP contribution in [-0.4, -0.2) is 96.1 Å². The molecule has 21 heteroatoms. The summed E-state index contributed by atoms with van der Waals surface area (Å²) in [6.07, 6.45) is 7.66. The maximum absolute atomic E-state index is 11.9. The first-order valence-corrected chi connectivity index (χ1v) is 29.6. The Bertz CT molecular complexity index is 2850. The Hall–Kier alpha value is -8.08. The number of benzene rings is 5. The molecule has 5 aromatic rings. The highest BCUT2D eigenvalue weighted by atomic mass is 127. The van der Waals surface area contributed by atoms with Gasteiger partial charge in [-0.1, -0.05) is 64.1 Å². The Kier molecular flexibility index (Phi) is 38.8. The molecular formula is C60H79IN6O13Si. The van der Waals surface area contributed by atoms with Gasteiger partial charge in [0.1, 0.15) is 36.4 Å². The summed E-state index contributed by atoms with van der Waals surface area (Å²) in [7, 11) is 2.95. The van der Waals surface area contributed by atoms with Gasteiger partial charge in [0.15, 0.2) is 0 Å². The number of nitrogen functional groups attached to an aromatic ring is 2. The zero-order valence-electron chi connectivity index (χ0n) is 48.2. The second-order valence-corrected chi connectivity index (χ2v) is 23.3. The van der Waals surface area contributed by atoms with E-state index in [1.165, 1.54) is 21.3 Å². The van der Waals surface area contributed by atoms with Gasteiger partial charge >= 0.3 is 17.9 Å². The highest BCUT2D eigenvalue weighted by Crippen LogP contribution is 2.24. The molecule has 0 saturated heterocycles. The van der Waals surface area contributed by atoms with Crippen LogP contribution in [0.2, 0.25) is 19.6 Å². The van der Waals surface area contributed by atoms with Gasteiger partial charge in [0.05, 0.1) is 52.3 Å². The van der Waals surface area contributed by atoms with Crippen LogP contribution in [0.5, 0.6) is 17.2 Å². The average molecular weight is 1250 g/mol. The van der Waals surface area contributed by atoms with Gasteiger partial charge in [-0.05, 0) is 165 Å². The highest BCUT2D eigenvalue weighted by molar-refractivity contribution is 14.1. The molecule has 19 nitrogen and oxygen atoms in total. The normalized spacial score (nSPS) is 9.37. The number of aliphatic hydroxyl groups excluding tert-OH is 1. The number of carbonyl (C=O) groups excluding carboxylic acids is 5. The minimum atomic E-state index is -1.10. The molecule has 5 aromatic carbocycles. The Morgan fingerprint density at radius 1 is 0.556 bits per heavy atom. The number of halogens is 1. The molecule has 0 atom stereocenters. The standard InChI is InChI=1S/C22H22O5.C20H22N4O3.C11H13IO3.C5H10Si.C2H6O.H2N2.H2O.H2/c1-5-12-27-20-14-17(9-11-19(20)22(24)26-4)7-6-16-8-10-18(15(2)13-16)21(23)25-3;1-3-10-27-18-12-15(7-9-17(18)20(26)24-22)5-4-14-6-8-16(13(2)11-14)19(25)23-21;1-3-6-15-10-7-8(12)4-5-9(10)11(13)14-2;1-5-6(2,3)4;1-2-3;1-2;;/h8-11,13-14H,5,12H2,1-4H3;6-9,11-12H,3,10,21-22H2,1-2H3,(H,23,25)(H,24,26);4-5,7H,3,6H2,1-2H3;1H,2-4H3;3H,2H2,1H3;1-2H;1H2;1H. The lowest BCUT2D eigenvalue weighted by Crippen LogP contribution is -2.30. The smallest absolute Gasteiger partial charge is 0.341 e. The number of ether oxygens (including phenoxy) is 6. The zero-order chi connectivity index (χ0) is 60.8. The monoisotopic (exact) mass is 1250 g/mol. The summed E-state index contributed by atoms with van der Waals surface area (Å²) >= 11 is 2.18. The van der Waals surface area contributed by atoms with E-state index in [4.69, 9.17) is 58.0 Å². The van der Waals surface area contributed by atoms with Crippen LogP contribution in [0.25, 0.3) is 0 Å². The van der Waals surface area contributed by atoms with Crippen LogP contribution >= 0.6 is 22.6 Å². The van der Waals surface area contributed by atoms with Crippen molar-refractivity contribution in [3.8, 4) is 52.9 Å². The van der Waals surface area contributed by atoms with Gasteiger partial charge in [-0.2, -0.15) is 0 Å². The molecule has 0 aliphatic rings. The molecule has 0 fully saturated rings. The van der Waals surface area contributed by atoms with Crippen LogP contribution in [-0.2, 0) is 14.2 Å². The Balaban J connectivity index is -0.00000106.